The highest BCUT2D eigenvalue weighted by atomic mass is 35.5. The van der Waals surface area contributed by atoms with E-state index in [1.807, 2.05) is 0 Å². The number of hydrogen-bond acceptors (Lipinski definition) is 7. The van der Waals surface area contributed by atoms with Gasteiger partial charge in [0.25, 0.3) is 11.6 Å². The summed E-state index contributed by atoms with van der Waals surface area (Å²) in [5.74, 6) is -2.07. The number of carbonyl (C=O) groups is 2. The second-order valence-electron chi connectivity index (χ2n) is 5.70. The van der Waals surface area contributed by atoms with E-state index in [0.717, 1.165) is 24.3 Å². The minimum atomic E-state index is -3.08. The summed E-state index contributed by atoms with van der Waals surface area (Å²) >= 11 is 5.90. The monoisotopic (exact) mass is 444 g/mol. The number of benzene rings is 2. The molecule has 0 aliphatic rings. The summed E-state index contributed by atoms with van der Waals surface area (Å²) < 4.78 is 38.9. The zero-order valence-corrected chi connectivity index (χ0v) is 16.3. The van der Waals surface area contributed by atoms with Gasteiger partial charge in [0.05, 0.1) is 28.3 Å². The van der Waals surface area contributed by atoms with Crippen molar-refractivity contribution < 1.29 is 37.5 Å². The van der Waals surface area contributed by atoms with Gasteiger partial charge < -0.3 is 19.5 Å². The molecule has 2 aromatic carbocycles. The smallest absolute Gasteiger partial charge is 0.387 e. The predicted octanol–water partition coefficient (Wildman–Crippen LogP) is 4.04. The second-order valence-corrected chi connectivity index (χ2v) is 6.11. The summed E-state index contributed by atoms with van der Waals surface area (Å²) in [6.07, 6.45) is -1.27. The van der Waals surface area contributed by atoms with Crippen molar-refractivity contribution in [1.29, 1.82) is 0 Å². The average Bonchev–Trinajstić information content (AvgIpc) is 2.68. The van der Waals surface area contributed by atoms with Gasteiger partial charge in [-0.1, -0.05) is 11.6 Å². The number of esters is 1. The van der Waals surface area contributed by atoms with E-state index in [2.05, 4.69) is 10.1 Å². The molecule has 1 amide bonds. The molecule has 9 nitrogen and oxygen atoms in total. The quantitative estimate of drug-likeness (QED) is 0.371. The van der Waals surface area contributed by atoms with E-state index < -0.39 is 29.5 Å². The first kappa shape index (κ1) is 22.8. The maximum Gasteiger partial charge on any atom is 0.387 e. The molecule has 2 rings (SSSR count). The molecule has 1 N–H and O–H groups in total. The van der Waals surface area contributed by atoms with Gasteiger partial charge in [-0.25, -0.2) is 4.79 Å². The first-order valence-electron chi connectivity index (χ1n) is 8.21. The number of non-ortho nitro benzene ring substituents is 1. The second kappa shape index (κ2) is 9.83. The summed E-state index contributed by atoms with van der Waals surface area (Å²) in [7, 11) is 1.20. The van der Waals surface area contributed by atoms with Crippen molar-refractivity contribution in [2.24, 2.45) is 0 Å². The van der Waals surface area contributed by atoms with Crippen LogP contribution in [-0.4, -0.2) is 36.6 Å². The Morgan fingerprint density at radius 3 is 2.43 bits per heavy atom. The maximum absolute atomic E-state index is 12.4. The number of hydrogen-bond donors (Lipinski definition) is 1. The minimum Gasteiger partial charge on any atom is -0.493 e. The van der Waals surface area contributed by atoms with Gasteiger partial charge in [-0.2, -0.15) is 8.78 Å². The van der Waals surface area contributed by atoms with Gasteiger partial charge in [0, 0.05) is 12.1 Å². The highest BCUT2D eigenvalue weighted by Gasteiger charge is 2.22. The number of amides is 1. The fourth-order valence-electron chi connectivity index (χ4n) is 2.22. The van der Waals surface area contributed by atoms with E-state index >= 15 is 0 Å². The van der Waals surface area contributed by atoms with Crippen LogP contribution in [0.25, 0.3) is 0 Å². The largest absolute Gasteiger partial charge is 0.493 e. The number of rotatable bonds is 8. The van der Waals surface area contributed by atoms with Crippen LogP contribution >= 0.6 is 11.6 Å². The summed E-state index contributed by atoms with van der Waals surface area (Å²) in [6, 6.07) is 6.83. The molecule has 160 valence electrons. The Kier molecular flexibility index (Phi) is 7.48. The lowest BCUT2D eigenvalue weighted by molar-refractivity contribution is -0.384. The predicted molar refractivity (Wildman–Crippen MR) is 101 cm³/mol. The summed E-state index contributed by atoms with van der Waals surface area (Å²) in [4.78, 5) is 34.6. The number of nitrogens with zero attached hydrogens (tertiary/aromatic N) is 1. The number of halogens is 3. The molecule has 1 unspecified atom stereocenters. The summed E-state index contributed by atoms with van der Waals surface area (Å²) in [5, 5.41) is 13.0. The molecule has 0 aliphatic carbocycles. The van der Waals surface area contributed by atoms with Crippen LogP contribution in [0.4, 0.5) is 20.2 Å². The third kappa shape index (κ3) is 5.77. The fraction of sp³-hybridized carbons (Fsp3) is 0.222. The van der Waals surface area contributed by atoms with Crippen LogP contribution in [0.3, 0.4) is 0 Å². The highest BCUT2D eigenvalue weighted by Crippen LogP contribution is 2.30. The number of anilines is 1. The Labute approximate surface area is 173 Å². The first-order chi connectivity index (χ1) is 14.1. The molecule has 12 heteroatoms. The maximum atomic E-state index is 12.4. The molecule has 0 heterocycles. The lowest BCUT2D eigenvalue weighted by atomic mass is 10.2. The third-order valence-electron chi connectivity index (χ3n) is 3.69. The number of nitrogens with one attached hydrogen (secondary N) is 1. The van der Waals surface area contributed by atoms with E-state index in [9.17, 15) is 28.5 Å². The molecule has 1 atom stereocenters. The van der Waals surface area contributed by atoms with Gasteiger partial charge in [-0.05, 0) is 31.2 Å². The van der Waals surface area contributed by atoms with E-state index in [4.69, 9.17) is 21.1 Å². The van der Waals surface area contributed by atoms with Gasteiger partial charge in [0.15, 0.2) is 17.6 Å². The standard InChI is InChI=1S/C18H15ClF2N2O7/c1-9(16(24)22-13-5-4-11(23(26)27)8-12(13)19)29-17(25)10-3-6-14(30-18(20)21)15(7-10)28-2/h3-9,18H,1-2H3,(H,22,24). The Bertz CT molecular complexity index is 972. The molecule has 0 saturated carbocycles. The van der Waals surface area contributed by atoms with Crippen molar-refractivity contribution in [2.75, 3.05) is 12.4 Å². The van der Waals surface area contributed by atoms with Gasteiger partial charge in [-0.15, -0.1) is 0 Å². The lowest BCUT2D eigenvalue weighted by Crippen LogP contribution is -2.30. The van der Waals surface area contributed by atoms with Crippen LogP contribution in [0, 0.1) is 10.1 Å². The van der Waals surface area contributed by atoms with E-state index in [-0.39, 0.29) is 33.5 Å². The molecule has 0 bridgehead atoms. The Hall–Kier alpha value is -3.47. The summed E-state index contributed by atoms with van der Waals surface area (Å²) in [6.45, 7) is -1.79. The van der Waals surface area contributed by atoms with Crippen molar-refractivity contribution in [1.82, 2.24) is 0 Å². The molecular weight excluding hydrogens is 430 g/mol. The van der Waals surface area contributed by atoms with Crippen molar-refractivity contribution in [3.05, 3.63) is 57.1 Å². The molecule has 30 heavy (non-hydrogen) atoms. The number of nitro benzene ring substituents is 1. The van der Waals surface area contributed by atoms with Crippen LogP contribution in [0.5, 0.6) is 11.5 Å². The molecular formula is C18H15ClF2N2O7. The lowest BCUT2D eigenvalue weighted by Gasteiger charge is -2.15. The fourth-order valence-corrected chi connectivity index (χ4v) is 2.45. The molecule has 0 aromatic heterocycles. The molecule has 2 aromatic rings. The van der Waals surface area contributed by atoms with Crippen LogP contribution in [-0.2, 0) is 9.53 Å². The third-order valence-corrected chi connectivity index (χ3v) is 4.00. The Morgan fingerprint density at radius 2 is 1.87 bits per heavy atom. The molecule has 0 spiro atoms. The number of ether oxygens (including phenoxy) is 3. The highest BCUT2D eigenvalue weighted by molar-refractivity contribution is 6.34. The van der Waals surface area contributed by atoms with Gasteiger partial charge in [0.2, 0.25) is 0 Å². The van der Waals surface area contributed by atoms with Crippen LogP contribution in [0.15, 0.2) is 36.4 Å². The van der Waals surface area contributed by atoms with Crippen molar-refractivity contribution in [3.63, 3.8) is 0 Å². The van der Waals surface area contributed by atoms with Crippen LogP contribution in [0.2, 0.25) is 5.02 Å². The molecule has 0 radical (unpaired) electrons. The van der Waals surface area contributed by atoms with E-state index in [1.165, 1.54) is 26.2 Å². The van der Waals surface area contributed by atoms with Crippen LogP contribution < -0.4 is 14.8 Å². The topological polar surface area (TPSA) is 117 Å². The number of methoxy groups -OCH3 is 1. The van der Waals surface area contributed by atoms with Crippen molar-refractivity contribution in [2.45, 2.75) is 19.6 Å². The van der Waals surface area contributed by atoms with E-state index in [1.54, 1.807) is 0 Å². The normalized spacial score (nSPS) is 11.5. The molecule has 0 fully saturated rings. The van der Waals surface area contributed by atoms with E-state index in [0.29, 0.717) is 0 Å². The van der Waals surface area contributed by atoms with Crippen LogP contribution in [0.1, 0.15) is 17.3 Å². The minimum absolute atomic E-state index is 0.0681. The summed E-state index contributed by atoms with van der Waals surface area (Å²) in [5.41, 5.74) is -0.238. The Balaban J connectivity index is 2.06. The SMILES string of the molecule is COc1cc(C(=O)OC(C)C(=O)Nc2ccc([N+](=O)[O-])cc2Cl)ccc1OC(F)F. The molecule has 0 saturated heterocycles. The zero-order chi connectivity index (χ0) is 22.4. The molecule has 0 aliphatic heterocycles. The number of carbonyl (C=O) groups excluding carboxylic acids is 2. The number of nitro groups is 1. The van der Waals surface area contributed by atoms with Crippen molar-refractivity contribution in [3.8, 4) is 11.5 Å². The van der Waals surface area contributed by atoms with Gasteiger partial charge in [-0.3, -0.25) is 14.9 Å². The Morgan fingerprint density at radius 1 is 1.17 bits per heavy atom. The first-order valence-corrected chi connectivity index (χ1v) is 8.58. The number of alkyl halides is 2. The van der Waals surface area contributed by atoms with Crippen molar-refractivity contribution >= 4 is 34.9 Å². The van der Waals surface area contributed by atoms with Gasteiger partial charge >= 0.3 is 12.6 Å². The zero-order valence-electron chi connectivity index (χ0n) is 15.6. The average molecular weight is 445 g/mol. The van der Waals surface area contributed by atoms with Gasteiger partial charge in [0.1, 0.15) is 0 Å².